The highest BCUT2D eigenvalue weighted by atomic mass is 16.5. The van der Waals surface area contributed by atoms with Crippen molar-refractivity contribution >= 4 is 17.6 Å². The lowest BCUT2D eigenvalue weighted by molar-refractivity contribution is -0.141. The molecule has 1 atom stereocenters. The van der Waals surface area contributed by atoms with Crippen LogP contribution in [0.1, 0.15) is 22.3 Å². The molecule has 0 aliphatic carbocycles. The number of hydrogen-bond acceptors (Lipinski definition) is 4. The Balaban J connectivity index is 1.92. The monoisotopic (exact) mass is 324 g/mol. The Morgan fingerprint density at radius 1 is 1.12 bits per heavy atom. The number of carbonyl (C=O) groups excluding carboxylic acids is 1. The van der Waals surface area contributed by atoms with Crippen LogP contribution in [0, 0.1) is 0 Å². The molecule has 1 amide bonds. The van der Waals surface area contributed by atoms with Gasteiger partial charge in [0, 0.05) is 12.0 Å². The van der Waals surface area contributed by atoms with Crippen LogP contribution >= 0.6 is 0 Å². The molecule has 0 fully saturated rings. The van der Waals surface area contributed by atoms with Gasteiger partial charge in [-0.2, -0.15) is 5.10 Å². The van der Waals surface area contributed by atoms with E-state index < -0.39 is 17.9 Å². The normalized spacial score (nSPS) is 16.6. The van der Waals surface area contributed by atoms with Crippen molar-refractivity contribution in [3.63, 3.8) is 0 Å². The van der Waals surface area contributed by atoms with E-state index in [4.69, 9.17) is 4.74 Å². The average molecular weight is 324 g/mol. The van der Waals surface area contributed by atoms with E-state index in [0.29, 0.717) is 17.0 Å². The molecule has 0 bridgehead atoms. The smallest absolute Gasteiger partial charge is 0.329 e. The van der Waals surface area contributed by atoms with E-state index >= 15 is 0 Å². The molecule has 122 valence electrons. The first-order valence-corrected chi connectivity index (χ1v) is 7.43. The Labute approximate surface area is 139 Å². The molecule has 1 heterocycles. The van der Waals surface area contributed by atoms with Crippen molar-refractivity contribution in [1.29, 1.82) is 0 Å². The average Bonchev–Trinajstić information content (AvgIpc) is 3.07. The number of hydrogen-bond donors (Lipinski definition) is 1. The predicted octanol–water partition coefficient (Wildman–Crippen LogP) is 2.40. The molecule has 0 spiro atoms. The number of hydrazone groups is 1. The van der Waals surface area contributed by atoms with E-state index in [1.54, 1.807) is 61.7 Å². The second-order valence-electron chi connectivity index (χ2n) is 5.35. The van der Waals surface area contributed by atoms with E-state index in [0.717, 1.165) is 10.6 Å². The lowest BCUT2D eigenvalue weighted by Gasteiger charge is -2.17. The van der Waals surface area contributed by atoms with Crippen molar-refractivity contribution in [2.24, 2.45) is 5.10 Å². The van der Waals surface area contributed by atoms with Gasteiger partial charge in [-0.25, -0.2) is 9.80 Å². The molecule has 0 saturated heterocycles. The highest BCUT2D eigenvalue weighted by Crippen LogP contribution is 2.24. The Kier molecular flexibility index (Phi) is 4.29. The number of methoxy groups -OCH3 is 1. The van der Waals surface area contributed by atoms with Gasteiger partial charge in [-0.05, 0) is 42.0 Å². The summed E-state index contributed by atoms with van der Waals surface area (Å²) in [6, 6.07) is 14.7. The summed E-state index contributed by atoms with van der Waals surface area (Å²) in [6.07, 6.45) is 0.167. The highest BCUT2D eigenvalue weighted by Gasteiger charge is 2.37. The number of aliphatic carboxylic acids is 1. The van der Waals surface area contributed by atoms with Crippen LogP contribution in [-0.2, 0) is 4.79 Å². The number of ether oxygens (including phenoxy) is 1. The summed E-state index contributed by atoms with van der Waals surface area (Å²) in [5, 5.41) is 14.8. The number of benzene rings is 2. The predicted molar refractivity (Wildman–Crippen MR) is 88.2 cm³/mol. The van der Waals surface area contributed by atoms with Gasteiger partial charge in [0.2, 0.25) is 0 Å². The van der Waals surface area contributed by atoms with Crippen LogP contribution in [0.15, 0.2) is 59.7 Å². The third-order valence-electron chi connectivity index (χ3n) is 3.85. The molecule has 3 rings (SSSR count). The van der Waals surface area contributed by atoms with E-state index in [2.05, 4.69) is 5.10 Å². The van der Waals surface area contributed by atoms with Crippen LogP contribution in [0.25, 0.3) is 0 Å². The maximum Gasteiger partial charge on any atom is 0.329 e. The Morgan fingerprint density at radius 3 is 2.38 bits per heavy atom. The lowest BCUT2D eigenvalue weighted by Crippen LogP contribution is -2.38. The maximum absolute atomic E-state index is 12.6. The van der Waals surface area contributed by atoms with E-state index in [1.807, 2.05) is 0 Å². The van der Waals surface area contributed by atoms with Crippen LogP contribution in [0.3, 0.4) is 0 Å². The first kappa shape index (κ1) is 15.7. The molecule has 0 aromatic heterocycles. The molecule has 6 nitrogen and oxygen atoms in total. The van der Waals surface area contributed by atoms with Crippen LogP contribution < -0.4 is 4.74 Å². The maximum atomic E-state index is 12.6. The largest absolute Gasteiger partial charge is 0.497 e. The van der Waals surface area contributed by atoms with Crippen molar-refractivity contribution in [2.45, 2.75) is 12.5 Å². The summed E-state index contributed by atoms with van der Waals surface area (Å²) in [5.41, 5.74) is 1.74. The van der Waals surface area contributed by atoms with Crippen molar-refractivity contribution in [3.05, 3.63) is 65.7 Å². The minimum absolute atomic E-state index is 0.167. The molecule has 2 aromatic carbocycles. The first-order chi connectivity index (χ1) is 11.6. The topological polar surface area (TPSA) is 79.2 Å². The summed E-state index contributed by atoms with van der Waals surface area (Å²) in [5.74, 6) is -0.803. The zero-order valence-electron chi connectivity index (χ0n) is 13.0. The van der Waals surface area contributed by atoms with Gasteiger partial charge in [0.25, 0.3) is 5.91 Å². The van der Waals surface area contributed by atoms with Gasteiger partial charge in [-0.3, -0.25) is 4.79 Å². The quantitative estimate of drug-likeness (QED) is 0.936. The van der Waals surface area contributed by atoms with E-state index in [9.17, 15) is 14.7 Å². The first-order valence-electron chi connectivity index (χ1n) is 7.43. The van der Waals surface area contributed by atoms with Gasteiger partial charge < -0.3 is 9.84 Å². The molecule has 2 aromatic rings. The molecule has 1 aliphatic rings. The zero-order chi connectivity index (χ0) is 17.1. The van der Waals surface area contributed by atoms with Crippen LogP contribution in [0.4, 0.5) is 0 Å². The number of carboxylic acids is 1. The van der Waals surface area contributed by atoms with E-state index in [-0.39, 0.29) is 6.42 Å². The van der Waals surface area contributed by atoms with Gasteiger partial charge >= 0.3 is 5.97 Å². The van der Waals surface area contributed by atoms with Crippen molar-refractivity contribution in [3.8, 4) is 5.75 Å². The highest BCUT2D eigenvalue weighted by molar-refractivity contribution is 6.07. The fraction of sp³-hybridized carbons (Fsp3) is 0.167. The second-order valence-corrected chi connectivity index (χ2v) is 5.35. The molecule has 0 saturated carbocycles. The van der Waals surface area contributed by atoms with Gasteiger partial charge in [0.1, 0.15) is 5.75 Å². The Morgan fingerprint density at radius 2 is 1.79 bits per heavy atom. The van der Waals surface area contributed by atoms with Gasteiger partial charge in [0.15, 0.2) is 6.04 Å². The number of amides is 1. The fourth-order valence-electron chi connectivity index (χ4n) is 2.56. The summed E-state index contributed by atoms with van der Waals surface area (Å²) in [6.45, 7) is 0. The number of nitrogens with zero attached hydrogens (tertiary/aromatic N) is 2. The summed E-state index contributed by atoms with van der Waals surface area (Å²) in [7, 11) is 1.57. The lowest BCUT2D eigenvalue weighted by atomic mass is 10.0. The van der Waals surface area contributed by atoms with Gasteiger partial charge in [-0.15, -0.1) is 0 Å². The Hall–Kier alpha value is -3.15. The molecule has 0 radical (unpaired) electrons. The third-order valence-corrected chi connectivity index (χ3v) is 3.85. The fourth-order valence-corrected chi connectivity index (χ4v) is 2.56. The van der Waals surface area contributed by atoms with Crippen LogP contribution in [0.2, 0.25) is 0 Å². The molecule has 1 aliphatic heterocycles. The van der Waals surface area contributed by atoms with E-state index in [1.165, 1.54) is 0 Å². The minimum atomic E-state index is -1.08. The molecule has 24 heavy (non-hydrogen) atoms. The number of carbonyl (C=O) groups is 2. The summed E-state index contributed by atoms with van der Waals surface area (Å²) < 4.78 is 5.11. The molecule has 1 N–H and O–H groups in total. The molecular weight excluding hydrogens is 308 g/mol. The third kappa shape index (κ3) is 2.99. The molecular formula is C18H16N2O4. The van der Waals surface area contributed by atoms with Crippen molar-refractivity contribution in [2.75, 3.05) is 7.11 Å². The molecule has 1 unspecified atom stereocenters. The summed E-state index contributed by atoms with van der Waals surface area (Å²) >= 11 is 0. The van der Waals surface area contributed by atoms with Crippen LogP contribution in [0.5, 0.6) is 5.75 Å². The zero-order valence-corrected chi connectivity index (χ0v) is 13.0. The Bertz CT molecular complexity index is 784. The standard InChI is InChI=1S/C18H16N2O4/c1-24-14-9-7-12(8-10-14)15-11-16(18(22)23)20(19-15)17(21)13-5-3-2-4-6-13/h2-10,16H,11H2,1H3,(H,22,23). The SMILES string of the molecule is COc1ccc(C2=NN(C(=O)c3ccccc3)C(C(=O)O)C2)cc1. The van der Waals surface area contributed by atoms with Crippen molar-refractivity contribution < 1.29 is 19.4 Å². The van der Waals surface area contributed by atoms with Gasteiger partial charge in [0.05, 0.1) is 12.8 Å². The summed E-state index contributed by atoms with van der Waals surface area (Å²) in [4.78, 5) is 24.1. The second kappa shape index (κ2) is 6.54. The van der Waals surface area contributed by atoms with Crippen LogP contribution in [-0.4, -0.2) is 40.9 Å². The van der Waals surface area contributed by atoms with Crippen molar-refractivity contribution in [1.82, 2.24) is 5.01 Å². The number of carboxylic acid groups (broad SMARTS) is 1. The van der Waals surface area contributed by atoms with Gasteiger partial charge in [-0.1, -0.05) is 18.2 Å². The molecule has 6 heteroatoms. The number of rotatable bonds is 4. The minimum Gasteiger partial charge on any atom is -0.497 e.